The number of hydrogen-bond acceptors (Lipinski definition) is 3. The molecule has 0 spiro atoms. The molecule has 1 aromatic heterocycles. The van der Waals surface area contributed by atoms with Gasteiger partial charge in [-0.15, -0.1) is 21.5 Å². The van der Waals surface area contributed by atoms with Crippen molar-refractivity contribution >= 4 is 22.9 Å². The van der Waals surface area contributed by atoms with E-state index in [0.29, 0.717) is 10.6 Å². The molecule has 0 amide bonds. The third kappa shape index (κ3) is 2.20. The topological polar surface area (TPSA) is 25.8 Å². The van der Waals surface area contributed by atoms with Crippen LogP contribution in [-0.2, 0) is 6.42 Å². The highest BCUT2D eigenvalue weighted by Gasteiger charge is 2.13. The first kappa shape index (κ1) is 11.4. The van der Waals surface area contributed by atoms with Gasteiger partial charge in [-0.1, -0.05) is 17.7 Å². The normalized spacial score (nSPS) is 10.8. The molecule has 0 saturated carbocycles. The molecule has 0 saturated heterocycles. The van der Waals surface area contributed by atoms with Crippen molar-refractivity contribution < 1.29 is 8.78 Å². The average Bonchev–Trinajstić information content (AvgIpc) is 2.65. The quantitative estimate of drug-likeness (QED) is 0.774. The van der Waals surface area contributed by atoms with Crippen molar-refractivity contribution in [2.24, 2.45) is 0 Å². The van der Waals surface area contributed by atoms with Crippen molar-refractivity contribution in [2.45, 2.75) is 13.3 Å². The van der Waals surface area contributed by atoms with Crippen molar-refractivity contribution in [3.05, 3.63) is 44.4 Å². The molecular weight excluding hydrogens is 254 g/mol. The molecule has 0 fully saturated rings. The van der Waals surface area contributed by atoms with Gasteiger partial charge < -0.3 is 0 Å². The minimum atomic E-state index is -0.753. The Morgan fingerprint density at radius 1 is 1.31 bits per heavy atom. The van der Waals surface area contributed by atoms with Crippen LogP contribution in [0.25, 0.3) is 0 Å². The van der Waals surface area contributed by atoms with Gasteiger partial charge in [-0.25, -0.2) is 8.78 Å². The van der Waals surface area contributed by atoms with E-state index in [-0.39, 0.29) is 6.42 Å². The van der Waals surface area contributed by atoms with Gasteiger partial charge in [0.25, 0.3) is 0 Å². The van der Waals surface area contributed by atoms with E-state index >= 15 is 0 Å². The first-order valence-electron chi connectivity index (χ1n) is 4.49. The van der Waals surface area contributed by atoms with Crippen molar-refractivity contribution in [2.75, 3.05) is 0 Å². The summed E-state index contributed by atoms with van der Waals surface area (Å²) in [4.78, 5) is 0. The largest absolute Gasteiger partial charge is 0.205 e. The van der Waals surface area contributed by atoms with Crippen LogP contribution in [0.5, 0.6) is 0 Å². The second-order valence-corrected chi connectivity index (χ2v) is 4.87. The number of aryl methyl sites for hydroxylation is 1. The number of benzene rings is 1. The van der Waals surface area contributed by atoms with Crippen molar-refractivity contribution in [3.8, 4) is 0 Å². The summed E-state index contributed by atoms with van der Waals surface area (Å²) in [6, 6.07) is 2.52. The summed E-state index contributed by atoms with van der Waals surface area (Å²) in [5, 5.41) is 8.71. The van der Waals surface area contributed by atoms with E-state index in [0.717, 1.165) is 11.1 Å². The lowest BCUT2D eigenvalue weighted by atomic mass is 10.1. The zero-order valence-electron chi connectivity index (χ0n) is 8.30. The fraction of sp³-hybridized carbons (Fsp3) is 0.200. The number of aromatic nitrogens is 2. The highest BCUT2D eigenvalue weighted by atomic mass is 35.5. The standard InChI is InChI=1S/C10H7ClF2N2S/c1-5-14-15-8(16-5)4-6-2-3-7(12)9(11)10(6)13/h2-3H,4H2,1H3. The summed E-state index contributed by atoms with van der Waals surface area (Å²) >= 11 is 6.85. The Morgan fingerprint density at radius 2 is 2.06 bits per heavy atom. The molecule has 0 atom stereocenters. The van der Waals surface area contributed by atoms with Gasteiger partial charge in [-0.2, -0.15) is 0 Å². The average molecular weight is 261 g/mol. The Balaban J connectivity index is 2.32. The molecule has 2 rings (SSSR count). The molecule has 0 radical (unpaired) electrons. The molecule has 6 heteroatoms. The minimum Gasteiger partial charge on any atom is -0.205 e. The molecule has 0 N–H and O–H groups in total. The zero-order valence-corrected chi connectivity index (χ0v) is 9.87. The molecule has 0 aliphatic heterocycles. The maximum absolute atomic E-state index is 13.5. The molecule has 1 heterocycles. The molecule has 16 heavy (non-hydrogen) atoms. The van der Waals surface area contributed by atoms with Gasteiger partial charge in [0, 0.05) is 6.42 Å². The van der Waals surface area contributed by atoms with Crippen LogP contribution < -0.4 is 0 Å². The highest BCUT2D eigenvalue weighted by molar-refractivity contribution is 7.11. The Labute approximate surface area is 99.9 Å². The summed E-state index contributed by atoms with van der Waals surface area (Å²) in [6.07, 6.45) is 0.275. The van der Waals surface area contributed by atoms with Gasteiger partial charge >= 0.3 is 0 Å². The van der Waals surface area contributed by atoms with E-state index in [1.807, 2.05) is 6.92 Å². The Morgan fingerprint density at radius 3 is 2.69 bits per heavy atom. The van der Waals surface area contributed by atoms with Gasteiger partial charge in [-0.05, 0) is 18.6 Å². The van der Waals surface area contributed by atoms with Crippen LogP contribution >= 0.6 is 22.9 Å². The Kier molecular flexibility index (Phi) is 3.16. The summed E-state index contributed by atoms with van der Waals surface area (Å²) in [7, 11) is 0. The van der Waals surface area contributed by atoms with Gasteiger partial charge in [0.2, 0.25) is 0 Å². The molecule has 0 aliphatic rings. The zero-order chi connectivity index (χ0) is 11.7. The van der Waals surface area contributed by atoms with Gasteiger partial charge in [0.05, 0.1) is 0 Å². The molecule has 1 aromatic carbocycles. The van der Waals surface area contributed by atoms with Crippen LogP contribution in [0.1, 0.15) is 15.6 Å². The highest BCUT2D eigenvalue weighted by Crippen LogP contribution is 2.24. The van der Waals surface area contributed by atoms with Crippen LogP contribution in [0, 0.1) is 18.6 Å². The maximum atomic E-state index is 13.5. The SMILES string of the molecule is Cc1nnc(Cc2ccc(F)c(Cl)c2F)s1. The lowest BCUT2D eigenvalue weighted by Gasteiger charge is -2.02. The van der Waals surface area contributed by atoms with Crippen LogP contribution in [0.4, 0.5) is 8.78 Å². The number of rotatable bonds is 2. The minimum absolute atomic E-state index is 0.275. The molecule has 2 aromatic rings. The number of nitrogens with zero attached hydrogens (tertiary/aromatic N) is 2. The van der Waals surface area contributed by atoms with Crippen molar-refractivity contribution in [3.63, 3.8) is 0 Å². The third-order valence-electron chi connectivity index (χ3n) is 2.02. The van der Waals surface area contributed by atoms with E-state index in [1.54, 1.807) is 0 Å². The van der Waals surface area contributed by atoms with Crippen LogP contribution in [-0.4, -0.2) is 10.2 Å². The molecular formula is C10H7ClF2N2S. The van der Waals surface area contributed by atoms with E-state index < -0.39 is 16.7 Å². The van der Waals surface area contributed by atoms with E-state index in [9.17, 15) is 8.78 Å². The third-order valence-corrected chi connectivity index (χ3v) is 3.21. The fourth-order valence-electron chi connectivity index (χ4n) is 1.27. The smallest absolute Gasteiger partial charge is 0.148 e. The van der Waals surface area contributed by atoms with E-state index in [4.69, 9.17) is 11.6 Å². The second kappa shape index (κ2) is 4.43. The van der Waals surface area contributed by atoms with Gasteiger partial charge in [0.1, 0.15) is 26.7 Å². The lowest BCUT2D eigenvalue weighted by molar-refractivity contribution is 0.575. The van der Waals surface area contributed by atoms with Crippen LogP contribution in [0.2, 0.25) is 5.02 Å². The maximum Gasteiger partial charge on any atom is 0.148 e. The molecule has 0 aliphatic carbocycles. The Hall–Kier alpha value is -1.07. The summed E-state index contributed by atoms with van der Waals surface area (Å²) < 4.78 is 26.4. The van der Waals surface area contributed by atoms with Crippen molar-refractivity contribution in [1.29, 1.82) is 0 Å². The number of halogens is 3. The summed E-state index contributed by atoms with van der Waals surface area (Å²) in [6.45, 7) is 1.81. The van der Waals surface area contributed by atoms with Crippen LogP contribution in [0.3, 0.4) is 0 Å². The van der Waals surface area contributed by atoms with E-state index in [1.165, 1.54) is 17.4 Å². The predicted molar refractivity (Wildman–Crippen MR) is 58.8 cm³/mol. The molecule has 0 bridgehead atoms. The summed E-state index contributed by atoms with van der Waals surface area (Å²) in [5.41, 5.74) is 0.322. The summed E-state index contributed by atoms with van der Waals surface area (Å²) in [5.74, 6) is -1.48. The first-order valence-corrected chi connectivity index (χ1v) is 5.68. The van der Waals surface area contributed by atoms with Gasteiger partial charge in [-0.3, -0.25) is 0 Å². The molecule has 0 unspecified atom stereocenters. The van der Waals surface area contributed by atoms with Gasteiger partial charge in [0.15, 0.2) is 0 Å². The first-order chi connectivity index (χ1) is 7.58. The number of hydrogen-bond donors (Lipinski definition) is 0. The van der Waals surface area contributed by atoms with Crippen molar-refractivity contribution in [1.82, 2.24) is 10.2 Å². The lowest BCUT2D eigenvalue weighted by Crippen LogP contribution is -1.95. The van der Waals surface area contributed by atoms with E-state index in [2.05, 4.69) is 10.2 Å². The molecule has 84 valence electrons. The second-order valence-electron chi connectivity index (χ2n) is 3.23. The Bertz CT molecular complexity index is 528. The monoisotopic (exact) mass is 260 g/mol. The predicted octanol–water partition coefficient (Wildman–Crippen LogP) is 3.37. The molecule has 2 nitrogen and oxygen atoms in total. The van der Waals surface area contributed by atoms with Crippen LogP contribution in [0.15, 0.2) is 12.1 Å². The fourth-order valence-corrected chi connectivity index (χ4v) is 2.19.